The Hall–Kier alpha value is -0.610. The molecule has 0 aromatic carbocycles. The smallest absolute Gasteiger partial charge is 0.220 e. The number of carbonyl (C=O) groups excluding carboxylic acids is 1. The number of nitrogens with zero attached hydrogens (tertiary/aromatic N) is 2. The van der Waals surface area contributed by atoms with Crippen LogP contribution in [0.1, 0.15) is 59.3 Å². The van der Waals surface area contributed by atoms with E-state index in [4.69, 9.17) is 9.73 Å². The fraction of sp³-hybridized carbons (Fsp3) is 0.909. The van der Waals surface area contributed by atoms with Gasteiger partial charge in [-0.25, -0.2) is 0 Å². The van der Waals surface area contributed by atoms with Crippen LogP contribution in [0.25, 0.3) is 0 Å². The summed E-state index contributed by atoms with van der Waals surface area (Å²) in [6.07, 6.45) is 7.13. The number of morpholine rings is 1. The van der Waals surface area contributed by atoms with E-state index in [9.17, 15) is 4.79 Å². The number of carbonyl (C=O) groups is 1. The van der Waals surface area contributed by atoms with Gasteiger partial charge >= 0.3 is 0 Å². The van der Waals surface area contributed by atoms with Gasteiger partial charge in [-0.05, 0) is 31.6 Å². The maximum absolute atomic E-state index is 12.1. The molecule has 1 saturated carbocycles. The minimum Gasteiger partial charge on any atom is -0.374 e. The highest BCUT2D eigenvalue weighted by Gasteiger charge is 2.21. The minimum atomic E-state index is 0. The summed E-state index contributed by atoms with van der Waals surface area (Å²) in [6, 6.07) is 0. The average Bonchev–Trinajstić information content (AvgIpc) is 2.70. The third-order valence-electron chi connectivity index (χ3n) is 5.58. The number of hydrogen-bond acceptors (Lipinski definition) is 4. The molecule has 1 saturated heterocycles. The number of ether oxygens (including phenoxy) is 1. The summed E-state index contributed by atoms with van der Waals surface area (Å²) < 4.78 is 5.89. The number of aliphatic imine (C=N–C) groups is 1. The first-order valence-electron chi connectivity index (χ1n) is 11.7. The quantitative estimate of drug-likeness (QED) is 0.173. The third kappa shape index (κ3) is 11.7. The molecule has 0 spiro atoms. The van der Waals surface area contributed by atoms with E-state index in [1.807, 2.05) is 0 Å². The van der Waals surface area contributed by atoms with Crippen LogP contribution < -0.4 is 16.0 Å². The minimum absolute atomic E-state index is 0. The SMILES string of the molecule is CCNC(=NCC1CN(CC(C)C)CCO1)NCCNC(=O)CC1CCCCC1.I. The van der Waals surface area contributed by atoms with E-state index in [-0.39, 0.29) is 36.0 Å². The van der Waals surface area contributed by atoms with Crippen molar-refractivity contribution in [1.29, 1.82) is 0 Å². The van der Waals surface area contributed by atoms with Crippen LogP contribution in [0.15, 0.2) is 4.99 Å². The molecule has 2 rings (SSSR count). The molecule has 0 bridgehead atoms. The molecule has 2 fully saturated rings. The summed E-state index contributed by atoms with van der Waals surface area (Å²) in [5.41, 5.74) is 0. The topological polar surface area (TPSA) is 78.0 Å². The van der Waals surface area contributed by atoms with E-state index >= 15 is 0 Å². The summed E-state index contributed by atoms with van der Waals surface area (Å²) >= 11 is 0. The second-order valence-corrected chi connectivity index (χ2v) is 8.85. The molecule has 1 aliphatic carbocycles. The highest BCUT2D eigenvalue weighted by Crippen LogP contribution is 2.25. The second kappa shape index (κ2) is 16.1. The molecule has 1 unspecified atom stereocenters. The molecule has 1 atom stereocenters. The summed E-state index contributed by atoms with van der Waals surface area (Å²) in [5, 5.41) is 9.64. The average molecular weight is 538 g/mol. The molecule has 2 aliphatic rings. The first-order valence-corrected chi connectivity index (χ1v) is 11.7. The number of hydrogen-bond donors (Lipinski definition) is 3. The van der Waals surface area contributed by atoms with Crippen molar-refractivity contribution in [3.05, 3.63) is 0 Å². The summed E-state index contributed by atoms with van der Waals surface area (Å²) in [6.45, 7) is 13.2. The lowest BCUT2D eigenvalue weighted by atomic mass is 9.87. The van der Waals surface area contributed by atoms with E-state index < -0.39 is 0 Å². The van der Waals surface area contributed by atoms with Gasteiger partial charge in [0.2, 0.25) is 5.91 Å². The number of guanidine groups is 1. The Balaban J connectivity index is 0.00000450. The van der Waals surface area contributed by atoms with Gasteiger partial charge in [0.15, 0.2) is 5.96 Å². The molecule has 1 amide bonds. The van der Waals surface area contributed by atoms with Crippen molar-refractivity contribution >= 4 is 35.8 Å². The molecule has 30 heavy (non-hydrogen) atoms. The highest BCUT2D eigenvalue weighted by atomic mass is 127. The van der Waals surface area contributed by atoms with Crippen LogP contribution in [0.3, 0.4) is 0 Å². The Morgan fingerprint density at radius 1 is 1.13 bits per heavy atom. The van der Waals surface area contributed by atoms with Crippen LogP contribution in [0.2, 0.25) is 0 Å². The van der Waals surface area contributed by atoms with E-state index in [1.165, 1.54) is 32.1 Å². The molecule has 0 radical (unpaired) electrons. The van der Waals surface area contributed by atoms with Crippen molar-refractivity contribution in [3.63, 3.8) is 0 Å². The lowest BCUT2D eigenvalue weighted by Crippen LogP contribution is -2.46. The summed E-state index contributed by atoms with van der Waals surface area (Å²) in [4.78, 5) is 19.3. The monoisotopic (exact) mass is 537 g/mol. The van der Waals surface area contributed by atoms with Crippen molar-refractivity contribution in [2.45, 2.75) is 65.4 Å². The zero-order valence-corrected chi connectivity index (χ0v) is 21.6. The number of rotatable bonds is 10. The van der Waals surface area contributed by atoms with Gasteiger partial charge in [-0.1, -0.05) is 33.1 Å². The molecule has 176 valence electrons. The van der Waals surface area contributed by atoms with E-state index in [0.717, 1.165) is 38.7 Å². The molecule has 0 aromatic rings. The van der Waals surface area contributed by atoms with Crippen LogP contribution in [-0.2, 0) is 9.53 Å². The maximum Gasteiger partial charge on any atom is 0.220 e. The van der Waals surface area contributed by atoms with Crippen LogP contribution in [0.4, 0.5) is 0 Å². The van der Waals surface area contributed by atoms with Gasteiger partial charge < -0.3 is 20.7 Å². The van der Waals surface area contributed by atoms with Gasteiger partial charge in [0, 0.05) is 45.7 Å². The van der Waals surface area contributed by atoms with Gasteiger partial charge in [-0.2, -0.15) is 0 Å². The molecule has 1 heterocycles. The Kier molecular flexibility index (Phi) is 14.7. The fourth-order valence-electron chi connectivity index (χ4n) is 4.22. The lowest BCUT2D eigenvalue weighted by Gasteiger charge is -2.33. The van der Waals surface area contributed by atoms with Crippen molar-refractivity contribution in [2.75, 3.05) is 52.4 Å². The Labute approximate surface area is 200 Å². The summed E-state index contributed by atoms with van der Waals surface area (Å²) in [7, 11) is 0. The normalized spacial score (nSPS) is 21.2. The molecular formula is C22H44IN5O2. The first-order chi connectivity index (χ1) is 14.1. The van der Waals surface area contributed by atoms with Crippen molar-refractivity contribution in [2.24, 2.45) is 16.8 Å². The molecule has 3 N–H and O–H groups in total. The highest BCUT2D eigenvalue weighted by molar-refractivity contribution is 14.0. The van der Waals surface area contributed by atoms with Crippen molar-refractivity contribution < 1.29 is 9.53 Å². The summed E-state index contributed by atoms with van der Waals surface area (Å²) in [5.74, 6) is 2.23. The largest absolute Gasteiger partial charge is 0.374 e. The Morgan fingerprint density at radius 2 is 1.87 bits per heavy atom. The molecule has 7 nitrogen and oxygen atoms in total. The third-order valence-corrected chi connectivity index (χ3v) is 5.58. The predicted molar refractivity (Wildman–Crippen MR) is 135 cm³/mol. The van der Waals surface area contributed by atoms with Crippen LogP contribution in [0.5, 0.6) is 0 Å². The molecule has 1 aliphatic heterocycles. The van der Waals surface area contributed by atoms with Crippen molar-refractivity contribution in [1.82, 2.24) is 20.9 Å². The first kappa shape index (κ1) is 27.4. The number of nitrogens with one attached hydrogen (secondary N) is 3. The fourth-order valence-corrected chi connectivity index (χ4v) is 4.22. The molecule has 8 heteroatoms. The number of halogens is 1. The predicted octanol–water partition coefficient (Wildman–Crippen LogP) is 2.60. The number of amides is 1. The van der Waals surface area contributed by atoms with Crippen LogP contribution >= 0.6 is 24.0 Å². The second-order valence-electron chi connectivity index (χ2n) is 8.85. The zero-order valence-electron chi connectivity index (χ0n) is 19.3. The van der Waals surface area contributed by atoms with Crippen LogP contribution in [-0.4, -0.2) is 75.3 Å². The van der Waals surface area contributed by atoms with Gasteiger partial charge in [-0.3, -0.25) is 14.7 Å². The van der Waals surface area contributed by atoms with E-state index in [0.29, 0.717) is 37.9 Å². The van der Waals surface area contributed by atoms with E-state index in [1.54, 1.807) is 0 Å². The van der Waals surface area contributed by atoms with E-state index in [2.05, 4.69) is 41.6 Å². The standard InChI is InChI=1S/C22H43N5O2.HI/c1-4-23-22(26-15-20-17-27(12-13-29-20)16-18(2)3)25-11-10-24-21(28)14-19-8-6-5-7-9-19;/h18-20H,4-17H2,1-3H3,(H,24,28)(H2,23,25,26);1H. The Morgan fingerprint density at radius 3 is 2.57 bits per heavy atom. The molecule has 0 aromatic heterocycles. The van der Waals surface area contributed by atoms with Gasteiger partial charge in [-0.15, -0.1) is 24.0 Å². The Bertz CT molecular complexity index is 498. The van der Waals surface area contributed by atoms with Gasteiger partial charge in [0.25, 0.3) is 0 Å². The van der Waals surface area contributed by atoms with Crippen LogP contribution in [0, 0.1) is 11.8 Å². The lowest BCUT2D eigenvalue weighted by molar-refractivity contribution is -0.122. The van der Waals surface area contributed by atoms with Crippen molar-refractivity contribution in [3.8, 4) is 0 Å². The molecular weight excluding hydrogens is 493 g/mol. The maximum atomic E-state index is 12.1. The van der Waals surface area contributed by atoms with Gasteiger partial charge in [0.1, 0.15) is 0 Å². The zero-order chi connectivity index (χ0) is 20.9. The van der Waals surface area contributed by atoms with Gasteiger partial charge in [0.05, 0.1) is 19.3 Å².